The lowest BCUT2D eigenvalue weighted by Crippen LogP contribution is -2.50. The van der Waals surface area contributed by atoms with Gasteiger partial charge in [-0.3, -0.25) is 0 Å². The number of hydrogen-bond donors (Lipinski definition) is 1. The van der Waals surface area contributed by atoms with Crippen LogP contribution < -0.4 is 0 Å². The highest BCUT2D eigenvalue weighted by molar-refractivity contribution is 5.05. The van der Waals surface area contributed by atoms with Gasteiger partial charge >= 0.3 is 0 Å². The molecule has 1 aliphatic carbocycles. The van der Waals surface area contributed by atoms with Crippen LogP contribution in [0.2, 0.25) is 0 Å². The minimum absolute atomic E-state index is 0.103. The van der Waals surface area contributed by atoms with Gasteiger partial charge in [-0.25, -0.2) is 0 Å². The molecule has 0 aromatic heterocycles. The molecule has 1 heterocycles. The molecule has 2 aliphatic rings. The first kappa shape index (κ1) is 14.3. The van der Waals surface area contributed by atoms with Crippen LogP contribution in [0.25, 0.3) is 0 Å². The summed E-state index contributed by atoms with van der Waals surface area (Å²) in [5.41, 5.74) is -0.850. The zero-order valence-corrected chi connectivity index (χ0v) is 12.9. The van der Waals surface area contributed by atoms with Gasteiger partial charge in [-0.05, 0) is 65.2 Å². The molecule has 1 N–H and O–H groups in total. The molecule has 106 valence electrons. The van der Waals surface area contributed by atoms with E-state index in [2.05, 4.69) is 41.5 Å². The molecule has 18 heavy (non-hydrogen) atoms. The Labute approximate surface area is 112 Å². The number of rotatable bonds is 1. The summed E-state index contributed by atoms with van der Waals surface area (Å²) in [7, 11) is 0. The molecule has 2 nitrogen and oxygen atoms in total. The molecule has 0 bridgehead atoms. The van der Waals surface area contributed by atoms with Gasteiger partial charge in [-0.2, -0.15) is 0 Å². The fourth-order valence-corrected chi connectivity index (χ4v) is 4.83. The Balaban J connectivity index is 2.24. The summed E-state index contributed by atoms with van der Waals surface area (Å²) >= 11 is 0. The molecule has 1 saturated heterocycles. The van der Waals surface area contributed by atoms with Gasteiger partial charge < -0.3 is 9.84 Å². The van der Waals surface area contributed by atoms with Crippen LogP contribution in [0, 0.1) is 17.8 Å². The Morgan fingerprint density at radius 2 is 1.44 bits per heavy atom. The first-order valence-corrected chi connectivity index (χ1v) is 7.47. The summed E-state index contributed by atoms with van der Waals surface area (Å²) in [5.74, 6) is 1.50. The highest BCUT2D eigenvalue weighted by Crippen LogP contribution is 2.52. The number of ether oxygens (including phenoxy) is 1. The van der Waals surface area contributed by atoms with Crippen molar-refractivity contribution >= 4 is 0 Å². The van der Waals surface area contributed by atoms with E-state index in [0.29, 0.717) is 11.8 Å². The van der Waals surface area contributed by atoms with Crippen LogP contribution in [-0.2, 0) is 4.74 Å². The zero-order valence-electron chi connectivity index (χ0n) is 12.9. The van der Waals surface area contributed by atoms with E-state index in [0.717, 1.165) is 19.3 Å². The second-order valence-corrected chi connectivity index (χ2v) is 8.18. The number of aliphatic hydroxyl groups is 1. The van der Waals surface area contributed by atoms with Gasteiger partial charge in [0.25, 0.3) is 0 Å². The molecule has 1 saturated carbocycles. The molecule has 1 aliphatic heterocycles. The first-order chi connectivity index (χ1) is 8.04. The average molecular weight is 254 g/mol. The first-order valence-electron chi connectivity index (χ1n) is 7.47. The summed E-state index contributed by atoms with van der Waals surface area (Å²) in [5, 5.41) is 11.2. The monoisotopic (exact) mass is 254 g/mol. The molecule has 2 heteroatoms. The molecular formula is C16H30O2. The average Bonchev–Trinajstić information content (AvgIpc) is 2.32. The van der Waals surface area contributed by atoms with E-state index in [1.54, 1.807) is 0 Å². The minimum atomic E-state index is -0.533. The van der Waals surface area contributed by atoms with Crippen molar-refractivity contribution in [3.8, 4) is 0 Å². The van der Waals surface area contributed by atoms with Crippen molar-refractivity contribution in [3.63, 3.8) is 0 Å². The molecule has 0 aromatic carbocycles. The Morgan fingerprint density at radius 1 is 0.944 bits per heavy atom. The summed E-state index contributed by atoms with van der Waals surface area (Å²) in [6, 6.07) is 0. The predicted octanol–water partition coefficient (Wildman–Crippen LogP) is 3.77. The Bertz CT molecular complexity index is 309. The van der Waals surface area contributed by atoms with Crippen LogP contribution in [0.3, 0.4) is 0 Å². The molecule has 3 unspecified atom stereocenters. The Kier molecular flexibility index (Phi) is 3.35. The van der Waals surface area contributed by atoms with Crippen LogP contribution in [0.15, 0.2) is 0 Å². The molecule has 2 fully saturated rings. The third-order valence-corrected chi connectivity index (χ3v) is 4.93. The standard InChI is InChI=1S/C16H30O2/c1-11-7-12(2)9-16(17,8-11)13-10-14(3,4)18-15(13,5)6/h11-13,17H,7-10H2,1-6H3. The quantitative estimate of drug-likeness (QED) is 0.772. The van der Waals surface area contributed by atoms with Gasteiger partial charge in [-0.1, -0.05) is 13.8 Å². The fraction of sp³-hybridized carbons (Fsp3) is 1.00. The van der Waals surface area contributed by atoms with E-state index in [1.807, 2.05) is 0 Å². The summed E-state index contributed by atoms with van der Waals surface area (Å²) in [6.07, 6.45) is 4.09. The van der Waals surface area contributed by atoms with Crippen molar-refractivity contribution < 1.29 is 9.84 Å². The molecular weight excluding hydrogens is 224 g/mol. The van der Waals surface area contributed by atoms with Crippen LogP contribution in [0.1, 0.15) is 67.2 Å². The van der Waals surface area contributed by atoms with Crippen molar-refractivity contribution in [2.24, 2.45) is 17.8 Å². The van der Waals surface area contributed by atoms with Gasteiger partial charge in [0, 0.05) is 5.92 Å². The normalized spacial score (nSPS) is 47.2. The molecule has 0 amide bonds. The smallest absolute Gasteiger partial charge is 0.0709 e. The van der Waals surface area contributed by atoms with Crippen molar-refractivity contribution in [1.29, 1.82) is 0 Å². The van der Waals surface area contributed by atoms with Crippen LogP contribution >= 0.6 is 0 Å². The van der Waals surface area contributed by atoms with E-state index in [4.69, 9.17) is 4.74 Å². The van der Waals surface area contributed by atoms with Crippen molar-refractivity contribution in [2.45, 2.75) is 84.0 Å². The van der Waals surface area contributed by atoms with Gasteiger partial charge in [0.2, 0.25) is 0 Å². The summed E-state index contributed by atoms with van der Waals surface area (Å²) < 4.78 is 6.18. The van der Waals surface area contributed by atoms with Crippen molar-refractivity contribution in [1.82, 2.24) is 0 Å². The Hall–Kier alpha value is -0.0800. The maximum Gasteiger partial charge on any atom is 0.0709 e. The van der Waals surface area contributed by atoms with E-state index in [-0.39, 0.29) is 17.1 Å². The van der Waals surface area contributed by atoms with E-state index in [9.17, 15) is 5.11 Å². The van der Waals surface area contributed by atoms with Crippen molar-refractivity contribution in [3.05, 3.63) is 0 Å². The van der Waals surface area contributed by atoms with Gasteiger partial charge in [0.15, 0.2) is 0 Å². The lowest BCUT2D eigenvalue weighted by Gasteiger charge is -2.46. The van der Waals surface area contributed by atoms with Crippen LogP contribution in [0.4, 0.5) is 0 Å². The zero-order chi connectivity index (χ0) is 13.8. The third-order valence-electron chi connectivity index (χ3n) is 4.93. The fourth-order valence-electron chi connectivity index (χ4n) is 4.83. The topological polar surface area (TPSA) is 29.5 Å². The minimum Gasteiger partial charge on any atom is -0.389 e. The second-order valence-electron chi connectivity index (χ2n) is 8.18. The highest BCUT2D eigenvalue weighted by atomic mass is 16.5. The predicted molar refractivity (Wildman–Crippen MR) is 74.5 cm³/mol. The van der Waals surface area contributed by atoms with Crippen LogP contribution in [0.5, 0.6) is 0 Å². The van der Waals surface area contributed by atoms with Crippen LogP contribution in [-0.4, -0.2) is 21.9 Å². The SMILES string of the molecule is CC1CC(C)CC(O)(C2CC(C)(C)OC2(C)C)C1. The summed E-state index contributed by atoms with van der Waals surface area (Å²) in [4.78, 5) is 0. The van der Waals surface area contributed by atoms with Gasteiger partial charge in [0.1, 0.15) is 0 Å². The van der Waals surface area contributed by atoms with Gasteiger partial charge in [0.05, 0.1) is 16.8 Å². The second kappa shape index (κ2) is 4.21. The van der Waals surface area contributed by atoms with Gasteiger partial charge in [-0.15, -0.1) is 0 Å². The molecule has 2 rings (SSSR count). The number of hydrogen-bond acceptors (Lipinski definition) is 2. The lowest BCUT2D eigenvalue weighted by molar-refractivity contribution is -0.135. The van der Waals surface area contributed by atoms with Crippen molar-refractivity contribution in [2.75, 3.05) is 0 Å². The molecule has 0 aromatic rings. The van der Waals surface area contributed by atoms with E-state index in [1.165, 1.54) is 6.42 Å². The summed E-state index contributed by atoms with van der Waals surface area (Å²) in [6.45, 7) is 13.1. The maximum absolute atomic E-state index is 11.2. The lowest BCUT2D eigenvalue weighted by atomic mass is 9.63. The van der Waals surface area contributed by atoms with E-state index >= 15 is 0 Å². The Morgan fingerprint density at radius 3 is 1.83 bits per heavy atom. The maximum atomic E-state index is 11.2. The highest BCUT2D eigenvalue weighted by Gasteiger charge is 2.56. The molecule has 0 radical (unpaired) electrons. The largest absolute Gasteiger partial charge is 0.389 e. The molecule has 3 atom stereocenters. The molecule has 0 spiro atoms. The third kappa shape index (κ3) is 2.60. The van der Waals surface area contributed by atoms with E-state index < -0.39 is 5.60 Å².